The molecule has 0 fully saturated rings. The number of amides is 1. The first-order chi connectivity index (χ1) is 7.35. The topological polar surface area (TPSA) is 87.3 Å². The molecule has 1 atom stereocenters. The Hall–Kier alpha value is -0.660. The predicted molar refractivity (Wildman–Crippen MR) is 63.6 cm³/mol. The minimum atomic E-state index is -3.17. The Bertz CT molecular complexity index is 303. The molecule has 6 nitrogen and oxygen atoms in total. The molecule has 7 heteroatoms. The summed E-state index contributed by atoms with van der Waals surface area (Å²) >= 11 is 0. The highest BCUT2D eigenvalue weighted by molar-refractivity contribution is 7.88. The van der Waals surface area contributed by atoms with Crippen LogP contribution in [0.4, 0.5) is 0 Å². The van der Waals surface area contributed by atoms with E-state index in [1.165, 1.54) is 0 Å². The van der Waals surface area contributed by atoms with Crippen molar-refractivity contribution in [3.63, 3.8) is 0 Å². The maximum atomic E-state index is 11.2. The van der Waals surface area contributed by atoms with Gasteiger partial charge in [0, 0.05) is 19.1 Å². The summed E-state index contributed by atoms with van der Waals surface area (Å²) in [5.41, 5.74) is 0. The SMILES string of the molecule is CCC(C)NCC(=O)NCCNS(C)(=O)=O. The Kier molecular flexibility index (Phi) is 7.27. The normalized spacial score (nSPS) is 13.4. The molecule has 0 aromatic carbocycles. The van der Waals surface area contributed by atoms with Crippen LogP contribution in [0.3, 0.4) is 0 Å². The van der Waals surface area contributed by atoms with Crippen LogP contribution < -0.4 is 15.4 Å². The van der Waals surface area contributed by atoms with E-state index in [1.807, 2.05) is 13.8 Å². The molecule has 0 aliphatic heterocycles. The van der Waals surface area contributed by atoms with Crippen molar-refractivity contribution in [1.82, 2.24) is 15.4 Å². The first-order valence-electron chi connectivity index (χ1n) is 5.30. The summed E-state index contributed by atoms with van der Waals surface area (Å²) in [7, 11) is -3.17. The molecule has 0 aliphatic carbocycles. The zero-order chi connectivity index (χ0) is 12.6. The van der Waals surface area contributed by atoms with Crippen molar-refractivity contribution in [3.8, 4) is 0 Å². The quantitative estimate of drug-likeness (QED) is 0.485. The van der Waals surface area contributed by atoms with Crippen LogP contribution in [0.2, 0.25) is 0 Å². The molecule has 0 saturated heterocycles. The van der Waals surface area contributed by atoms with Crippen molar-refractivity contribution < 1.29 is 13.2 Å². The van der Waals surface area contributed by atoms with Crippen LogP contribution in [-0.4, -0.2) is 46.3 Å². The number of hydrogen-bond acceptors (Lipinski definition) is 4. The smallest absolute Gasteiger partial charge is 0.234 e. The Morgan fingerprint density at radius 3 is 2.44 bits per heavy atom. The number of rotatable bonds is 8. The van der Waals surface area contributed by atoms with Crippen molar-refractivity contribution >= 4 is 15.9 Å². The summed E-state index contributed by atoms with van der Waals surface area (Å²) < 4.78 is 23.7. The van der Waals surface area contributed by atoms with E-state index < -0.39 is 10.0 Å². The van der Waals surface area contributed by atoms with E-state index in [-0.39, 0.29) is 19.0 Å². The van der Waals surface area contributed by atoms with Crippen LogP contribution in [0.15, 0.2) is 0 Å². The van der Waals surface area contributed by atoms with Gasteiger partial charge in [0.25, 0.3) is 0 Å². The van der Waals surface area contributed by atoms with E-state index in [1.54, 1.807) is 0 Å². The van der Waals surface area contributed by atoms with Gasteiger partial charge in [-0.15, -0.1) is 0 Å². The maximum absolute atomic E-state index is 11.2. The molecular weight excluding hydrogens is 230 g/mol. The highest BCUT2D eigenvalue weighted by Gasteiger charge is 2.04. The fourth-order valence-corrected chi connectivity index (χ4v) is 1.38. The van der Waals surface area contributed by atoms with E-state index in [0.717, 1.165) is 12.7 Å². The molecule has 0 radical (unpaired) electrons. The fourth-order valence-electron chi connectivity index (χ4n) is 0.912. The third-order valence-corrected chi connectivity index (χ3v) is 2.76. The first kappa shape index (κ1) is 15.3. The molecule has 96 valence electrons. The van der Waals surface area contributed by atoms with E-state index in [2.05, 4.69) is 15.4 Å². The van der Waals surface area contributed by atoms with Crippen molar-refractivity contribution in [2.75, 3.05) is 25.9 Å². The Morgan fingerprint density at radius 1 is 1.31 bits per heavy atom. The van der Waals surface area contributed by atoms with E-state index >= 15 is 0 Å². The van der Waals surface area contributed by atoms with Crippen molar-refractivity contribution in [2.24, 2.45) is 0 Å². The lowest BCUT2D eigenvalue weighted by Crippen LogP contribution is -2.40. The largest absolute Gasteiger partial charge is 0.354 e. The lowest BCUT2D eigenvalue weighted by Gasteiger charge is -2.11. The van der Waals surface area contributed by atoms with Crippen LogP contribution >= 0.6 is 0 Å². The zero-order valence-electron chi connectivity index (χ0n) is 10.0. The van der Waals surface area contributed by atoms with Gasteiger partial charge in [0.1, 0.15) is 0 Å². The molecule has 1 unspecified atom stereocenters. The average molecular weight is 251 g/mol. The number of hydrogen-bond donors (Lipinski definition) is 3. The van der Waals surface area contributed by atoms with Gasteiger partial charge in [-0.3, -0.25) is 4.79 Å². The molecule has 16 heavy (non-hydrogen) atoms. The molecule has 0 aromatic heterocycles. The van der Waals surface area contributed by atoms with E-state index in [0.29, 0.717) is 12.6 Å². The van der Waals surface area contributed by atoms with Crippen LogP contribution in [-0.2, 0) is 14.8 Å². The third kappa shape index (κ3) is 9.88. The third-order valence-electron chi connectivity index (χ3n) is 2.03. The van der Waals surface area contributed by atoms with Crippen LogP contribution in [0.1, 0.15) is 20.3 Å². The lowest BCUT2D eigenvalue weighted by atomic mass is 10.2. The minimum absolute atomic E-state index is 0.129. The van der Waals surface area contributed by atoms with Crippen molar-refractivity contribution in [3.05, 3.63) is 0 Å². The number of carbonyl (C=O) groups is 1. The molecule has 3 N–H and O–H groups in total. The second kappa shape index (κ2) is 7.59. The van der Waals surface area contributed by atoms with Gasteiger partial charge >= 0.3 is 0 Å². The molecule has 0 spiro atoms. The van der Waals surface area contributed by atoms with Crippen LogP contribution in [0.25, 0.3) is 0 Å². The monoisotopic (exact) mass is 251 g/mol. The molecular formula is C9H21N3O3S. The summed E-state index contributed by atoms with van der Waals surface area (Å²) in [6.45, 7) is 4.81. The van der Waals surface area contributed by atoms with E-state index in [9.17, 15) is 13.2 Å². The van der Waals surface area contributed by atoms with Gasteiger partial charge in [0.05, 0.1) is 12.8 Å². The van der Waals surface area contributed by atoms with Gasteiger partial charge in [-0.1, -0.05) is 6.92 Å². The Balaban J connectivity index is 3.52. The Labute approximate surface area is 97.2 Å². The number of nitrogens with one attached hydrogen (secondary N) is 3. The summed E-state index contributed by atoms with van der Waals surface area (Å²) in [5, 5.41) is 5.64. The molecule has 0 aliphatic rings. The van der Waals surface area contributed by atoms with Gasteiger partial charge in [-0.25, -0.2) is 13.1 Å². The molecule has 0 bridgehead atoms. The highest BCUT2D eigenvalue weighted by atomic mass is 32.2. The summed E-state index contributed by atoms with van der Waals surface area (Å²) in [5.74, 6) is -0.129. The van der Waals surface area contributed by atoms with E-state index in [4.69, 9.17) is 0 Å². The summed E-state index contributed by atoms with van der Waals surface area (Å²) in [6, 6.07) is 0.305. The second-order valence-electron chi connectivity index (χ2n) is 3.71. The number of carbonyl (C=O) groups excluding carboxylic acids is 1. The van der Waals surface area contributed by atoms with Gasteiger partial charge in [-0.2, -0.15) is 0 Å². The molecule has 1 amide bonds. The van der Waals surface area contributed by atoms with Crippen LogP contribution in [0.5, 0.6) is 0 Å². The fraction of sp³-hybridized carbons (Fsp3) is 0.889. The Morgan fingerprint density at radius 2 is 1.94 bits per heavy atom. The molecule has 0 aromatic rings. The van der Waals surface area contributed by atoms with Crippen molar-refractivity contribution in [2.45, 2.75) is 26.3 Å². The maximum Gasteiger partial charge on any atom is 0.234 e. The summed E-state index contributed by atoms with van der Waals surface area (Å²) in [6.07, 6.45) is 2.04. The molecule has 0 heterocycles. The first-order valence-corrected chi connectivity index (χ1v) is 7.19. The van der Waals surface area contributed by atoms with Gasteiger partial charge in [-0.05, 0) is 13.3 Å². The van der Waals surface area contributed by atoms with Crippen LogP contribution in [0, 0.1) is 0 Å². The second-order valence-corrected chi connectivity index (χ2v) is 5.54. The zero-order valence-corrected chi connectivity index (χ0v) is 10.9. The standard InChI is InChI=1S/C9H21N3O3S/c1-4-8(2)11-7-9(13)10-5-6-12-16(3,14)15/h8,11-12H,4-7H2,1-3H3,(H,10,13). The lowest BCUT2D eigenvalue weighted by molar-refractivity contribution is -0.120. The summed E-state index contributed by atoms with van der Waals surface area (Å²) in [4.78, 5) is 11.2. The van der Waals surface area contributed by atoms with Gasteiger partial charge in [0.15, 0.2) is 0 Å². The highest BCUT2D eigenvalue weighted by Crippen LogP contribution is 1.85. The van der Waals surface area contributed by atoms with Crippen molar-refractivity contribution in [1.29, 1.82) is 0 Å². The van der Waals surface area contributed by atoms with Gasteiger partial charge < -0.3 is 10.6 Å². The minimum Gasteiger partial charge on any atom is -0.354 e. The number of sulfonamides is 1. The van der Waals surface area contributed by atoms with Gasteiger partial charge in [0.2, 0.25) is 15.9 Å². The molecule has 0 rings (SSSR count). The molecule has 0 saturated carbocycles. The predicted octanol–water partition coefficient (Wildman–Crippen LogP) is -0.960. The average Bonchev–Trinajstić information content (AvgIpc) is 2.19.